The van der Waals surface area contributed by atoms with Crippen molar-refractivity contribution in [3.05, 3.63) is 219 Å². The largest absolute Gasteiger partial charge is 0.416 e. The molecular formula is C51H28BF24NO. The molecule has 0 atom stereocenters. The number of alkyl halides is 24. The molecule has 0 bridgehead atoms. The van der Waals surface area contributed by atoms with Crippen molar-refractivity contribution in [3.63, 3.8) is 0 Å². The Hall–Kier alpha value is -7.48. The topological polar surface area (TPSA) is 20.9 Å². The number of pyridine rings is 1. The molecule has 0 unspecified atom stereocenters. The van der Waals surface area contributed by atoms with Crippen molar-refractivity contribution < 1.29 is 115 Å². The van der Waals surface area contributed by atoms with Crippen LogP contribution in [0.2, 0.25) is 0 Å². The van der Waals surface area contributed by atoms with E-state index in [9.17, 15) is 110 Å². The highest BCUT2D eigenvalue weighted by atomic mass is 19.4. The highest BCUT2D eigenvalue weighted by molar-refractivity contribution is 7.20. The van der Waals surface area contributed by atoms with Crippen LogP contribution in [0.25, 0.3) is 0 Å². The molecule has 0 saturated heterocycles. The van der Waals surface area contributed by atoms with E-state index in [2.05, 4.69) is 4.57 Å². The number of benzene rings is 6. The van der Waals surface area contributed by atoms with Crippen molar-refractivity contribution in [1.29, 1.82) is 0 Å². The van der Waals surface area contributed by atoms with Crippen molar-refractivity contribution in [2.75, 3.05) is 0 Å². The first-order valence-electron chi connectivity index (χ1n) is 21.6. The number of aromatic nitrogens is 1. The van der Waals surface area contributed by atoms with Gasteiger partial charge < -0.3 is 0 Å². The molecule has 7 rings (SSSR count). The van der Waals surface area contributed by atoms with E-state index in [4.69, 9.17) is 0 Å². The molecule has 27 heteroatoms. The van der Waals surface area contributed by atoms with Gasteiger partial charge in [0.2, 0.25) is 0 Å². The summed E-state index contributed by atoms with van der Waals surface area (Å²) in [4.78, 5) is 12.6. The Labute approximate surface area is 423 Å². The summed E-state index contributed by atoms with van der Waals surface area (Å²) in [6, 6.07) is 14.4. The molecule has 0 aliphatic heterocycles. The number of halogens is 24. The monoisotopic (exact) mass is 1140 g/mol. The third kappa shape index (κ3) is 13.6. The SMILES string of the molecule is FC(F)(F)c1cc([B-](c2cc(C(F)(F)F)cc(C(F)(F)F)c2)(c2cc(C(F)(F)F)cc(C(F)(F)F)c2)c2cc(C(F)(F)F)cc(C(F)(F)F)c2)cc(C(F)(F)F)c1.O=C(c1ccccc1)c1ccccc1C[n+]1ccccc1. The summed E-state index contributed by atoms with van der Waals surface area (Å²) < 4.78 is 343. The maximum atomic E-state index is 14.2. The van der Waals surface area contributed by atoms with Crippen LogP contribution in [0, 0.1) is 0 Å². The predicted octanol–water partition coefficient (Wildman–Crippen LogP) is 14.5. The molecule has 0 amide bonds. The lowest BCUT2D eigenvalue weighted by molar-refractivity contribution is -0.688. The van der Waals surface area contributed by atoms with Crippen LogP contribution in [0.3, 0.4) is 0 Å². The second kappa shape index (κ2) is 21.1. The normalized spacial score (nSPS) is 13.2. The smallest absolute Gasteiger partial charge is 0.289 e. The first-order valence-corrected chi connectivity index (χ1v) is 21.6. The Morgan fingerprint density at radius 2 is 0.564 bits per heavy atom. The lowest BCUT2D eigenvalue weighted by Gasteiger charge is -2.46. The van der Waals surface area contributed by atoms with Gasteiger partial charge in [-0.05, 0) is 24.3 Å². The van der Waals surface area contributed by atoms with Gasteiger partial charge in [0.25, 0.3) is 0 Å². The van der Waals surface area contributed by atoms with Gasteiger partial charge in [0.05, 0.1) is 44.5 Å². The summed E-state index contributed by atoms with van der Waals surface area (Å²) in [5.74, 6) is 0.0720. The Morgan fingerprint density at radius 1 is 0.321 bits per heavy atom. The minimum absolute atomic E-state index is 0.0720. The first-order chi connectivity index (χ1) is 35.6. The van der Waals surface area contributed by atoms with E-state index in [0.29, 0.717) is 6.54 Å². The molecule has 0 saturated carbocycles. The van der Waals surface area contributed by atoms with E-state index in [1.807, 2.05) is 85.2 Å². The number of hydrogen-bond donors (Lipinski definition) is 0. The van der Waals surface area contributed by atoms with Gasteiger partial charge in [-0.1, -0.05) is 109 Å². The molecule has 0 aliphatic rings. The minimum Gasteiger partial charge on any atom is -0.289 e. The van der Waals surface area contributed by atoms with E-state index >= 15 is 0 Å². The zero-order valence-corrected chi connectivity index (χ0v) is 38.2. The molecule has 2 nitrogen and oxygen atoms in total. The molecule has 1 aromatic heterocycles. The second-order valence-corrected chi connectivity index (χ2v) is 17.1. The summed E-state index contributed by atoms with van der Waals surface area (Å²) in [5.41, 5.74) is -27.7. The van der Waals surface area contributed by atoms with Crippen LogP contribution in [0.4, 0.5) is 105 Å². The highest BCUT2D eigenvalue weighted by Gasteiger charge is 2.47. The maximum absolute atomic E-state index is 14.2. The Kier molecular flexibility index (Phi) is 16.1. The molecule has 0 radical (unpaired) electrons. The maximum Gasteiger partial charge on any atom is 0.416 e. The van der Waals surface area contributed by atoms with Crippen LogP contribution in [0.5, 0.6) is 0 Å². The lowest BCUT2D eigenvalue weighted by Crippen LogP contribution is -2.75. The Balaban J connectivity index is 0.000000387. The first kappa shape index (κ1) is 59.8. The fourth-order valence-corrected chi connectivity index (χ4v) is 8.43. The van der Waals surface area contributed by atoms with Crippen LogP contribution in [0.15, 0.2) is 158 Å². The summed E-state index contributed by atoms with van der Waals surface area (Å²) in [5, 5.41) is 0. The van der Waals surface area contributed by atoms with Crippen LogP contribution in [0.1, 0.15) is 66.0 Å². The second-order valence-electron chi connectivity index (χ2n) is 17.1. The van der Waals surface area contributed by atoms with E-state index < -0.39 is 195 Å². The molecule has 0 N–H and O–H groups in total. The molecular weight excluding hydrogens is 1110 g/mol. The average Bonchev–Trinajstić information content (AvgIpc) is 3.39. The number of hydrogen-bond acceptors (Lipinski definition) is 1. The molecule has 0 aliphatic carbocycles. The van der Waals surface area contributed by atoms with Crippen LogP contribution < -0.4 is 26.4 Å². The fraction of sp³-hybridized carbons (Fsp3) is 0.176. The van der Waals surface area contributed by atoms with Gasteiger partial charge in [0.1, 0.15) is 6.15 Å². The number of rotatable bonds is 8. The van der Waals surface area contributed by atoms with Gasteiger partial charge >= 0.3 is 49.4 Å². The Bertz CT molecular complexity index is 2840. The number of ketones is 1. The average molecular weight is 1140 g/mol. The minimum atomic E-state index is -6.13. The van der Waals surface area contributed by atoms with Gasteiger partial charge in [-0.3, -0.25) is 4.79 Å². The van der Waals surface area contributed by atoms with Crippen molar-refractivity contribution in [1.82, 2.24) is 0 Å². The summed E-state index contributed by atoms with van der Waals surface area (Å²) in [6.07, 6.45) is -50.8. The molecule has 1 heterocycles. The zero-order valence-electron chi connectivity index (χ0n) is 38.2. The third-order valence-electron chi connectivity index (χ3n) is 11.9. The van der Waals surface area contributed by atoms with Gasteiger partial charge in [-0.25, -0.2) is 4.57 Å². The van der Waals surface area contributed by atoms with Gasteiger partial charge in [-0.15, -0.1) is 0 Å². The van der Waals surface area contributed by atoms with Crippen LogP contribution in [-0.4, -0.2) is 11.9 Å². The van der Waals surface area contributed by atoms with E-state index in [1.54, 1.807) is 0 Å². The van der Waals surface area contributed by atoms with Crippen molar-refractivity contribution in [3.8, 4) is 0 Å². The van der Waals surface area contributed by atoms with Crippen molar-refractivity contribution >= 4 is 33.8 Å². The molecule has 0 spiro atoms. The van der Waals surface area contributed by atoms with E-state index in [1.165, 1.54) is 0 Å². The van der Waals surface area contributed by atoms with Crippen LogP contribution in [-0.2, 0) is 56.0 Å². The summed E-state index contributed by atoms with van der Waals surface area (Å²) >= 11 is 0. The quantitative estimate of drug-likeness (QED) is 0.0643. The molecule has 6 aromatic carbocycles. The lowest BCUT2D eigenvalue weighted by atomic mass is 9.12. The molecule has 414 valence electrons. The van der Waals surface area contributed by atoms with Crippen molar-refractivity contribution in [2.45, 2.75) is 56.0 Å². The Morgan fingerprint density at radius 3 is 0.833 bits per heavy atom. The van der Waals surface area contributed by atoms with E-state index in [-0.39, 0.29) is 5.78 Å². The number of carbonyl (C=O) groups excluding carboxylic acids is 1. The summed E-state index contributed by atoms with van der Waals surface area (Å²) in [6.45, 7) is 0.690. The predicted molar refractivity (Wildman–Crippen MR) is 232 cm³/mol. The van der Waals surface area contributed by atoms with Crippen molar-refractivity contribution in [2.24, 2.45) is 0 Å². The molecule has 78 heavy (non-hydrogen) atoms. The number of carbonyl (C=O) groups is 1. The number of nitrogens with zero attached hydrogens (tertiary/aromatic N) is 1. The fourth-order valence-electron chi connectivity index (χ4n) is 8.43. The highest BCUT2D eigenvalue weighted by Crippen LogP contribution is 2.41. The van der Waals surface area contributed by atoms with Gasteiger partial charge in [0, 0.05) is 28.8 Å². The molecule has 0 fully saturated rings. The zero-order chi connectivity index (χ0) is 58.4. The third-order valence-corrected chi connectivity index (χ3v) is 11.9. The van der Waals surface area contributed by atoms with Gasteiger partial charge in [-0.2, -0.15) is 127 Å². The molecule has 7 aromatic rings. The van der Waals surface area contributed by atoms with Crippen LogP contribution >= 0.6 is 0 Å². The standard InChI is InChI=1S/C32H12BF24.C19H16NO/c34-25(35,36)13-1-14(26(37,38)39)6-21(5-13)33(22-7-15(27(40,41)42)2-16(8-22)28(43,44)45,23-9-17(29(46,47)48)3-18(10-23)30(49,50)51)24-11-19(31(52,53)54)4-20(12-24)32(55,56)57;21-19(16-9-3-1-4-10-16)18-12-6-5-11-17(18)15-20-13-7-2-8-14-20/h1-12H;1-14H,15H2/q-1;+1. The van der Waals surface area contributed by atoms with E-state index in [0.717, 1.165) is 16.7 Å². The summed E-state index contributed by atoms with van der Waals surface area (Å²) in [7, 11) is 0. The van der Waals surface area contributed by atoms with Gasteiger partial charge in [0.15, 0.2) is 24.7 Å².